The summed E-state index contributed by atoms with van der Waals surface area (Å²) < 4.78 is 0. The van der Waals surface area contributed by atoms with E-state index in [1.54, 1.807) is 0 Å². The smallest absolute Gasteiger partial charge is 0.183 e. The van der Waals surface area contributed by atoms with Gasteiger partial charge >= 0.3 is 0 Å². The van der Waals surface area contributed by atoms with E-state index in [0.29, 0.717) is 5.92 Å². The maximum atomic E-state index is 13.1. The van der Waals surface area contributed by atoms with Crippen LogP contribution in [-0.2, 0) is 0 Å². The van der Waals surface area contributed by atoms with E-state index in [-0.39, 0.29) is 11.3 Å². The van der Waals surface area contributed by atoms with Gasteiger partial charge in [-0.05, 0) is 37.4 Å². The lowest BCUT2D eigenvalue weighted by atomic mass is 9.82. The third-order valence-electron chi connectivity index (χ3n) is 4.80. The molecule has 0 amide bonds. The molecule has 0 radical (unpaired) electrons. The van der Waals surface area contributed by atoms with Crippen LogP contribution in [0.3, 0.4) is 0 Å². The van der Waals surface area contributed by atoms with Gasteiger partial charge in [0, 0.05) is 5.56 Å². The molecular weight excluding hydrogens is 258 g/mol. The molecule has 0 heterocycles. The van der Waals surface area contributed by atoms with Gasteiger partial charge in [-0.15, -0.1) is 0 Å². The molecule has 2 nitrogen and oxygen atoms in total. The summed E-state index contributed by atoms with van der Waals surface area (Å²) in [6.07, 6.45) is 1.71. The summed E-state index contributed by atoms with van der Waals surface area (Å²) in [5.41, 5.74) is 1.77. The fourth-order valence-electron chi connectivity index (χ4n) is 3.28. The van der Waals surface area contributed by atoms with Gasteiger partial charge in [0.1, 0.15) is 0 Å². The van der Waals surface area contributed by atoms with Crippen LogP contribution >= 0.6 is 0 Å². The van der Waals surface area contributed by atoms with Crippen molar-refractivity contribution in [2.75, 3.05) is 13.1 Å². The molecule has 0 aromatic heterocycles. The predicted octanol–water partition coefficient (Wildman–Crippen LogP) is 4.89. The molecule has 0 unspecified atom stereocenters. The van der Waals surface area contributed by atoms with Gasteiger partial charge in [0.15, 0.2) is 5.78 Å². The van der Waals surface area contributed by atoms with Crippen molar-refractivity contribution >= 4 is 5.78 Å². The zero-order valence-electron chi connectivity index (χ0n) is 14.6. The van der Waals surface area contributed by atoms with Crippen LogP contribution in [0.25, 0.3) is 0 Å². The van der Waals surface area contributed by atoms with Gasteiger partial charge in [-0.25, -0.2) is 0 Å². The Kier molecular flexibility index (Phi) is 6.60. The highest BCUT2D eigenvalue weighted by Gasteiger charge is 2.39. The van der Waals surface area contributed by atoms with Gasteiger partial charge in [0.2, 0.25) is 0 Å². The molecule has 0 aliphatic rings. The van der Waals surface area contributed by atoms with Crippen molar-refractivity contribution in [3.8, 4) is 0 Å². The Hall–Kier alpha value is -1.15. The standard InChI is InChI=1S/C19H31NO/c1-7-19(8-2,20(9-3)10-4)18(21)17-13-11-16(12-14-17)15(5)6/h11-15H,7-10H2,1-6H3. The number of carbonyl (C=O) groups is 1. The minimum Gasteiger partial charge on any atom is -0.292 e. The van der Waals surface area contributed by atoms with Crippen molar-refractivity contribution in [2.45, 2.75) is 65.8 Å². The van der Waals surface area contributed by atoms with Crippen LogP contribution in [0.4, 0.5) is 0 Å². The Balaban J connectivity index is 3.16. The molecule has 0 saturated carbocycles. The highest BCUT2D eigenvalue weighted by atomic mass is 16.1. The molecule has 1 aromatic rings. The molecule has 21 heavy (non-hydrogen) atoms. The minimum atomic E-state index is -0.358. The van der Waals surface area contributed by atoms with Gasteiger partial charge < -0.3 is 0 Å². The lowest BCUT2D eigenvalue weighted by Crippen LogP contribution is -2.53. The number of benzene rings is 1. The summed E-state index contributed by atoms with van der Waals surface area (Å²) in [6.45, 7) is 14.7. The Morgan fingerprint density at radius 2 is 1.48 bits per heavy atom. The number of likely N-dealkylation sites (N-methyl/N-ethyl adjacent to an activating group) is 1. The number of hydrogen-bond acceptors (Lipinski definition) is 2. The normalized spacial score (nSPS) is 12.2. The summed E-state index contributed by atoms with van der Waals surface area (Å²) in [7, 11) is 0. The van der Waals surface area contributed by atoms with E-state index in [9.17, 15) is 4.79 Å². The molecule has 118 valence electrons. The number of Topliss-reactive ketones (excluding diaryl/α,β-unsaturated/α-hetero) is 1. The minimum absolute atomic E-state index is 0.270. The summed E-state index contributed by atoms with van der Waals surface area (Å²) in [4.78, 5) is 15.4. The Morgan fingerprint density at radius 3 is 1.81 bits per heavy atom. The van der Waals surface area contributed by atoms with E-state index < -0.39 is 0 Å². The third-order valence-corrected chi connectivity index (χ3v) is 4.80. The van der Waals surface area contributed by atoms with E-state index in [4.69, 9.17) is 0 Å². The summed E-state index contributed by atoms with van der Waals surface area (Å²) in [5.74, 6) is 0.769. The van der Waals surface area contributed by atoms with Crippen molar-refractivity contribution in [1.82, 2.24) is 4.90 Å². The number of ketones is 1. The topological polar surface area (TPSA) is 20.3 Å². The van der Waals surface area contributed by atoms with Crippen molar-refractivity contribution in [1.29, 1.82) is 0 Å². The Morgan fingerprint density at radius 1 is 1.00 bits per heavy atom. The van der Waals surface area contributed by atoms with Crippen LogP contribution in [0.15, 0.2) is 24.3 Å². The van der Waals surface area contributed by atoms with Crippen molar-refractivity contribution in [2.24, 2.45) is 0 Å². The van der Waals surface area contributed by atoms with Gasteiger partial charge in [0.25, 0.3) is 0 Å². The lowest BCUT2D eigenvalue weighted by molar-refractivity contribution is 0.0535. The molecule has 1 aromatic carbocycles. The maximum Gasteiger partial charge on any atom is 0.183 e. The second kappa shape index (κ2) is 7.74. The molecule has 2 heteroatoms. The van der Waals surface area contributed by atoms with Crippen LogP contribution in [0.2, 0.25) is 0 Å². The summed E-state index contributed by atoms with van der Waals surface area (Å²) >= 11 is 0. The number of hydrogen-bond donors (Lipinski definition) is 0. The first-order valence-electron chi connectivity index (χ1n) is 8.36. The van der Waals surface area contributed by atoms with E-state index in [2.05, 4.69) is 58.6 Å². The molecule has 0 aliphatic heterocycles. The molecule has 0 N–H and O–H groups in total. The van der Waals surface area contributed by atoms with Crippen LogP contribution in [0.5, 0.6) is 0 Å². The fraction of sp³-hybridized carbons (Fsp3) is 0.632. The quantitative estimate of drug-likeness (QED) is 0.635. The molecular formula is C19H31NO. The predicted molar refractivity (Wildman–Crippen MR) is 91.1 cm³/mol. The monoisotopic (exact) mass is 289 g/mol. The zero-order chi connectivity index (χ0) is 16.0. The first-order valence-corrected chi connectivity index (χ1v) is 8.36. The van der Waals surface area contributed by atoms with Crippen molar-refractivity contribution in [3.05, 3.63) is 35.4 Å². The fourth-order valence-corrected chi connectivity index (χ4v) is 3.28. The molecule has 0 bridgehead atoms. The average Bonchev–Trinajstić information content (AvgIpc) is 2.52. The van der Waals surface area contributed by atoms with Crippen LogP contribution in [-0.4, -0.2) is 29.3 Å². The van der Waals surface area contributed by atoms with E-state index >= 15 is 0 Å². The largest absolute Gasteiger partial charge is 0.292 e. The number of carbonyl (C=O) groups excluding carboxylic acids is 1. The van der Waals surface area contributed by atoms with E-state index in [0.717, 1.165) is 31.5 Å². The van der Waals surface area contributed by atoms with Crippen LogP contribution in [0.1, 0.15) is 76.2 Å². The molecule has 0 spiro atoms. The van der Waals surface area contributed by atoms with E-state index in [1.165, 1.54) is 5.56 Å². The van der Waals surface area contributed by atoms with E-state index in [1.807, 2.05) is 12.1 Å². The van der Waals surface area contributed by atoms with Crippen LogP contribution < -0.4 is 0 Å². The third kappa shape index (κ3) is 3.55. The van der Waals surface area contributed by atoms with Gasteiger partial charge in [0.05, 0.1) is 5.54 Å². The number of rotatable bonds is 8. The molecule has 0 saturated heterocycles. The molecule has 0 fully saturated rings. The van der Waals surface area contributed by atoms with Crippen molar-refractivity contribution < 1.29 is 4.79 Å². The first-order chi connectivity index (χ1) is 9.96. The molecule has 1 rings (SSSR count). The van der Waals surface area contributed by atoms with Crippen molar-refractivity contribution in [3.63, 3.8) is 0 Å². The highest BCUT2D eigenvalue weighted by molar-refractivity contribution is 6.03. The lowest BCUT2D eigenvalue weighted by Gasteiger charge is -2.41. The van der Waals surface area contributed by atoms with Gasteiger partial charge in [-0.1, -0.05) is 65.8 Å². The first kappa shape index (κ1) is 17.9. The highest BCUT2D eigenvalue weighted by Crippen LogP contribution is 2.29. The summed E-state index contributed by atoms with van der Waals surface area (Å²) in [5, 5.41) is 0. The second-order valence-electron chi connectivity index (χ2n) is 6.02. The zero-order valence-corrected chi connectivity index (χ0v) is 14.6. The maximum absolute atomic E-state index is 13.1. The Bertz CT molecular complexity index is 439. The van der Waals surface area contributed by atoms with Gasteiger partial charge in [-0.2, -0.15) is 0 Å². The second-order valence-corrected chi connectivity index (χ2v) is 6.02. The summed E-state index contributed by atoms with van der Waals surface area (Å²) in [6, 6.07) is 8.19. The average molecular weight is 289 g/mol. The molecule has 0 atom stereocenters. The van der Waals surface area contributed by atoms with Gasteiger partial charge in [-0.3, -0.25) is 9.69 Å². The SMILES string of the molecule is CCN(CC)C(CC)(CC)C(=O)c1ccc(C(C)C)cc1. The number of nitrogens with zero attached hydrogens (tertiary/aromatic N) is 1. The Labute approximate surface area is 130 Å². The molecule has 0 aliphatic carbocycles. The van der Waals surface area contributed by atoms with Crippen LogP contribution in [0, 0.1) is 0 Å².